The average molecular weight is 339 g/mol. The van der Waals surface area contributed by atoms with Gasteiger partial charge in [0.15, 0.2) is 5.78 Å². The molecule has 3 nitrogen and oxygen atoms in total. The van der Waals surface area contributed by atoms with Gasteiger partial charge in [0.1, 0.15) is 0 Å². The van der Waals surface area contributed by atoms with Crippen LogP contribution < -0.4 is 0 Å². The molecule has 0 atom stereocenters. The fraction of sp³-hybridized carbons (Fsp3) is 0.286. The van der Waals surface area contributed by atoms with E-state index in [2.05, 4.69) is 25.8 Å². The summed E-state index contributed by atoms with van der Waals surface area (Å²) in [6, 6.07) is 7.53. The van der Waals surface area contributed by atoms with E-state index >= 15 is 0 Å². The molecule has 0 bridgehead atoms. The number of hydrogen-bond donors (Lipinski definition) is 0. The zero-order valence-corrected chi connectivity index (χ0v) is 13.1. The third kappa shape index (κ3) is 4.53. The Bertz CT molecular complexity index is 542. The largest absolute Gasteiger partial charge is 0.300 e. The average Bonchev–Trinajstić information content (AvgIpc) is 2.88. The number of Topliss-reactive ketones (excluding diaryl/α,β-unsaturated/α-hetero) is 1. The smallest absolute Gasteiger partial charge is 0.164 e. The Kier molecular flexibility index (Phi) is 5.24. The SMILES string of the molecule is CN(CCC(=O)c1cccc(Br)c1)Cc1cscn1. The van der Waals surface area contributed by atoms with Gasteiger partial charge in [0, 0.05) is 34.9 Å². The van der Waals surface area contributed by atoms with Gasteiger partial charge in [-0.05, 0) is 19.2 Å². The van der Waals surface area contributed by atoms with Gasteiger partial charge in [-0.15, -0.1) is 11.3 Å². The van der Waals surface area contributed by atoms with Gasteiger partial charge in [-0.1, -0.05) is 28.1 Å². The molecule has 0 aliphatic heterocycles. The molecular weight excluding hydrogens is 324 g/mol. The summed E-state index contributed by atoms with van der Waals surface area (Å²) in [6.45, 7) is 1.53. The van der Waals surface area contributed by atoms with E-state index in [0.717, 1.165) is 28.8 Å². The van der Waals surface area contributed by atoms with Crippen molar-refractivity contribution in [1.82, 2.24) is 9.88 Å². The first kappa shape index (κ1) is 14.4. The molecule has 0 saturated heterocycles. The van der Waals surface area contributed by atoms with E-state index in [1.165, 1.54) is 0 Å². The van der Waals surface area contributed by atoms with Crippen molar-refractivity contribution >= 4 is 33.0 Å². The van der Waals surface area contributed by atoms with E-state index < -0.39 is 0 Å². The summed E-state index contributed by atoms with van der Waals surface area (Å²) < 4.78 is 0.939. The van der Waals surface area contributed by atoms with Crippen molar-refractivity contribution in [2.75, 3.05) is 13.6 Å². The molecule has 0 aliphatic carbocycles. The zero-order valence-electron chi connectivity index (χ0n) is 10.7. The standard InChI is InChI=1S/C14H15BrN2OS/c1-17(8-13-9-19-10-16-13)6-5-14(18)11-3-2-4-12(15)7-11/h2-4,7,9-10H,5-6,8H2,1H3. The minimum Gasteiger partial charge on any atom is -0.300 e. The number of carbonyl (C=O) groups excluding carboxylic acids is 1. The van der Waals surface area contributed by atoms with Crippen molar-refractivity contribution in [2.45, 2.75) is 13.0 Å². The monoisotopic (exact) mass is 338 g/mol. The van der Waals surface area contributed by atoms with E-state index in [1.54, 1.807) is 11.3 Å². The van der Waals surface area contributed by atoms with Gasteiger partial charge >= 0.3 is 0 Å². The molecule has 1 heterocycles. The quantitative estimate of drug-likeness (QED) is 0.754. The predicted molar refractivity (Wildman–Crippen MR) is 81.5 cm³/mol. The highest BCUT2D eigenvalue weighted by Crippen LogP contribution is 2.13. The van der Waals surface area contributed by atoms with Crippen LogP contribution in [0.5, 0.6) is 0 Å². The molecule has 0 N–H and O–H groups in total. The van der Waals surface area contributed by atoms with Gasteiger partial charge in [-0.2, -0.15) is 0 Å². The molecule has 19 heavy (non-hydrogen) atoms. The van der Waals surface area contributed by atoms with Crippen LogP contribution in [-0.4, -0.2) is 29.3 Å². The Labute approximate surface area is 125 Å². The van der Waals surface area contributed by atoms with Crippen molar-refractivity contribution in [3.8, 4) is 0 Å². The number of nitrogens with zero attached hydrogens (tertiary/aromatic N) is 2. The second-order valence-corrected chi connectivity index (χ2v) is 6.04. The summed E-state index contributed by atoms with van der Waals surface area (Å²) in [5, 5.41) is 2.03. The fourth-order valence-electron chi connectivity index (χ4n) is 1.77. The van der Waals surface area contributed by atoms with Crippen molar-refractivity contribution < 1.29 is 4.79 Å². The molecule has 0 spiro atoms. The van der Waals surface area contributed by atoms with Gasteiger partial charge in [-0.3, -0.25) is 4.79 Å². The molecule has 2 rings (SSSR count). The van der Waals surface area contributed by atoms with E-state index in [0.29, 0.717) is 6.42 Å². The lowest BCUT2D eigenvalue weighted by molar-refractivity contribution is 0.0967. The first-order valence-corrected chi connectivity index (χ1v) is 7.73. The maximum Gasteiger partial charge on any atom is 0.164 e. The van der Waals surface area contributed by atoms with Crippen LogP contribution in [-0.2, 0) is 6.54 Å². The van der Waals surface area contributed by atoms with E-state index in [4.69, 9.17) is 0 Å². The number of benzene rings is 1. The minimum absolute atomic E-state index is 0.173. The first-order valence-electron chi connectivity index (χ1n) is 5.99. The molecular formula is C14H15BrN2OS. The maximum absolute atomic E-state index is 12.0. The molecule has 5 heteroatoms. The summed E-state index contributed by atoms with van der Waals surface area (Å²) in [5.74, 6) is 0.173. The lowest BCUT2D eigenvalue weighted by atomic mass is 10.1. The lowest BCUT2D eigenvalue weighted by Gasteiger charge is -2.14. The highest BCUT2D eigenvalue weighted by atomic mass is 79.9. The molecule has 0 unspecified atom stereocenters. The molecule has 1 aromatic heterocycles. The van der Waals surface area contributed by atoms with Crippen molar-refractivity contribution in [1.29, 1.82) is 0 Å². The number of ketones is 1. The number of rotatable bonds is 6. The van der Waals surface area contributed by atoms with Gasteiger partial charge in [-0.25, -0.2) is 4.98 Å². The summed E-state index contributed by atoms with van der Waals surface area (Å²) in [7, 11) is 2.01. The highest BCUT2D eigenvalue weighted by molar-refractivity contribution is 9.10. The van der Waals surface area contributed by atoms with Crippen LogP contribution in [0.4, 0.5) is 0 Å². The predicted octanol–water partition coefficient (Wildman–Crippen LogP) is 3.61. The van der Waals surface area contributed by atoms with Crippen LogP contribution in [0.25, 0.3) is 0 Å². The Morgan fingerprint density at radius 3 is 3.00 bits per heavy atom. The zero-order chi connectivity index (χ0) is 13.7. The van der Waals surface area contributed by atoms with Crippen LogP contribution in [0.3, 0.4) is 0 Å². The molecule has 0 radical (unpaired) electrons. The molecule has 2 aromatic rings. The first-order chi connectivity index (χ1) is 9.15. The lowest BCUT2D eigenvalue weighted by Crippen LogP contribution is -2.21. The Hall–Kier alpha value is -1.04. The minimum atomic E-state index is 0.173. The van der Waals surface area contributed by atoms with Crippen molar-refractivity contribution in [3.63, 3.8) is 0 Å². The summed E-state index contributed by atoms with van der Waals surface area (Å²) >= 11 is 4.98. The van der Waals surface area contributed by atoms with Crippen LogP contribution in [0.2, 0.25) is 0 Å². The van der Waals surface area contributed by atoms with Crippen LogP contribution in [0, 0.1) is 0 Å². The Morgan fingerprint density at radius 1 is 1.47 bits per heavy atom. The number of carbonyl (C=O) groups is 1. The normalized spacial score (nSPS) is 10.9. The Morgan fingerprint density at radius 2 is 2.32 bits per heavy atom. The molecule has 1 aromatic carbocycles. The third-order valence-corrected chi connectivity index (χ3v) is 3.91. The number of hydrogen-bond acceptors (Lipinski definition) is 4. The number of aromatic nitrogens is 1. The van der Waals surface area contributed by atoms with Gasteiger partial charge in [0.25, 0.3) is 0 Å². The second-order valence-electron chi connectivity index (χ2n) is 4.40. The van der Waals surface area contributed by atoms with Crippen LogP contribution >= 0.6 is 27.3 Å². The van der Waals surface area contributed by atoms with Gasteiger partial charge < -0.3 is 4.90 Å². The molecule has 0 saturated carbocycles. The second kappa shape index (κ2) is 6.93. The van der Waals surface area contributed by atoms with Gasteiger partial charge in [0.05, 0.1) is 11.2 Å². The van der Waals surface area contributed by atoms with Crippen LogP contribution in [0.15, 0.2) is 39.6 Å². The molecule has 0 amide bonds. The topological polar surface area (TPSA) is 33.2 Å². The fourth-order valence-corrected chi connectivity index (χ4v) is 2.72. The number of thiazole rings is 1. The third-order valence-electron chi connectivity index (χ3n) is 2.78. The van der Waals surface area contributed by atoms with E-state index in [9.17, 15) is 4.79 Å². The van der Waals surface area contributed by atoms with Crippen LogP contribution in [0.1, 0.15) is 22.5 Å². The number of halogens is 1. The summed E-state index contributed by atoms with van der Waals surface area (Å²) in [4.78, 5) is 18.4. The van der Waals surface area contributed by atoms with Gasteiger partial charge in [0.2, 0.25) is 0 Å². The molecule has 0 aliphatic rings. The molecule has 0 fully saturated rings. The van der Waals surface area contributed by atoms with E-state index in [1.807, 2.05) is 42.2 Å². The highest BCUT2D eigenvalue weighted by Gasteiger charge is 2.08. The summed E-state index contributed by atoms with van der Waals surface area (Å²) in [6.07, 6.45) is 0.525. The van der Waals surface area contributed by atoms with E-state index in [-0.39, 0.29) is 5.78 Å². The van der Waals surface area contributed by atoms with Crippen molar-refractivity contribution in [3.05, 3.63) is 50.9 Å². The molecule has 100 valence electrons. The van der Waals surface area contributed by atoms with Crippen molar-refractivity contribution in [2.24, 2.45) is 0 Å². The summed E-state index contributed by atoms with van der Waals surface area (Å²) in [5.41, 5.74) is 3.65. The Balaban J connectivity index is 1.83. The maximum atomic E-state index is 12.0.